The number of carbonyl (C=O) groups excluding carboxylic acids is 2. The molecule has 0 bridgehead atoms. The number of hydrogen-bond acceptors (Lipinski definition) is 3. The number of nitrogens with one attached hydrogen (secondary N) is 2. The number of hydrazine groups is 1. The second-order valence-electron chi connectivity index (χ2n) is 5.36. The average molecular weight is 312 g/mol. The van der Waals surface area contributed by atoms with Gasteiger partial charge in [0.1, 0.15) is 5.75 Å². The molecule has 0 aliphatic carbocycles. The Kier molecular flexibility index (Phi) is 5.36. The summed E-state index contributed by atoms with van der Waals surface area (Å²) in [4.78, 5) is 23.7. The fourth-order valence-electron chi connectivity index (χ4n) is 1.98. The number of amides is 2. The molecule has 0 unspecified atom stereocenters. The molecule has 2 rings (SSSR count). The van der Waals surface area contributed by atoms with Gasteiger partial charge in [-0.2, -0.15) is 0 Å². The topological polar surface area (TPSA) is 67.4 Å². The first-order valence-electron chi connectivity index (χ1n) is 7.32. The molecule has 23 heavy (non-hydrogen) atoms. The minimum absolute atomic E-state index is 0.169. The Hall–Kier alpha value is -2.82. The highest BCUT2D eigenvalue weighted by Gasteiger charge is 2.09. The Balaban J connectivity index is 1.83. The Labute approximate surface area is 135 Å². The molecule has 120 valence electrons. The lowest BCUT2D eigenvalue weighted by atomic mass is 10.1. The molecule has 2 N–H and O–H groups in total. The summed E-state index contributed by atoms with van der Waals surface area (Å²) in [6.07, 6.45) is 0. The molecule has 0 heterocycles. The van der Waals surface area contributed by atoms with Crippen molar-refractivity contribution in [3.05, 3.63) is 64.7 Å². The van der Waals surface area contributed by atoms with Crippen molar-refractivity contribution in [2.45, 2.75) is 20.8 Å². The van der Waals surface area contributed by atoms with Crippen molar-refractivity contribution in [3.63, 3.8) is 0 Å². The van der Waals surface area contributed by atoms with Gasteiger partial charge in [-0.3, -0.25) is 20.4 Å². The first-order valence-corrected chi connectivity index (χ1v) is 7.32. The second-order valence-corrected chi connectivity index (χ2v) is 5.36. The number of ether oxygens (including phenoxy) is 1. The van der Waals surface area contributed by atoms with E-state index in [1.165, 1.54) is 0 Å². The summed E-state index contributed by atoms with van der Waals surface area (Å²) >= 11 is 0. The van der Waals surface area contributed by atoms with Crippen LogP contribution in [0.15, 0.2) is 42.5 Å². The lowest BCUT2D eigenvalue weighted by molar-refractivity contribution is -0.123. The van der Waals surface area contributed by atoms with E-state index in [2.05, 4.69) is 10.9 Å². The Bertz CT molecular complexity index is 726. The number of aryl methyl sites for hydroxylation is 3. The normalized spacial score (nSPS) is 10.0. The van der Waals surface area contributed by atoms with Crippen molar-refractivity contribution >= 4 is 11.8 Å². The van der Waals surface area contributed by atoms with Gasteiger partial charge in [-0.05, 0) is 55.7 Å². The molecule has 0 saturated carbocycles. The molecule has 2 amide bonds. The fourth-order valence-corrected chi connectivity index (χ4v) is 1.98. The van der Waals surface area contributed by atoms with Gasteiger partial charge in [0.15, 0.2) is 6.61 Å². The molecule has 0 aliphatic heterocycles. The van der Waals surface area contributed by atoms with E-state index in [0.29, 0.717) is 11.3 Å². The standard InChI is InChI=1S/C18H20N2O3/c1-12-8-9-15(10-14(12)3)18(22)20-19-17(21)11-23-16-7-5-4-6-13(16)2/h4-10H,11H2,1-3H3,(H,19,21)(H,20,22). The van der Waals surface area contributed by atoms with Crippen molar-refractivity contribution in [3.8, 4) is 5.75 Å². The zero-order chi connectivity index (χ0) is 16.8. The SMILES string of the molecule is Cc1ccc(C(=O)NNC(=O)COc2ccccc2C)cc1C. The molecule has 5 heteroatoms. The lowest BCUT2D eigenvalue weighted by Gasteiger charge is -2.10. The minimum Gasteiger partial charge on any atom is -0.483 e. The highest BCUT2D eigenvalue weighted by molar-refractivity contribution is 5.95. The molecule has 2 aromatic carbocycles. The Morgan fingerprint density at radius 1 is 0.913 bits per heavy atom. The lowest BCUT2D eigenvalue weighted by Crippen LogP contribution is -2.43. The van der Waals surface area contributed by atoms with Gasteiger partial charge in [0.05, 0.1) is 0 Å². The van der Waals surface area contributed by atoms with Crippen LogP contribution in [0, 0.1) is 20.8 Å². The van der Waals surface area contributed by atoms with Crippen molar-refractivity contribution < 1.29 is 14.3 Å². The van der Waals surface area contributed by atoms with E-state index >= 15 is 0 Å². The van der Waals surface area contributed by atoms with Crippen molar-refractivity contribution in [1.82, 2.24) is 10.9 Å². The predicted octanol–water partition coefficient (Wildman–Crippen LogP) is 2.45. The zero-order valence-corrected chi connectivity index (χ0v) is 13.5. The highest BCUT2D eigenvalue weighted by Crippen LogP contribution is 2.15. The molecule has 0 radical (unpaired) electrons. The van der Waals surface area contributed by atoms with Crippen molar-refractivity contribution in [2.75, 3.05) is 6.61 Å². The van der Waals surface area contributed by atoms with E-state index < -0.39 is 5.91 Å². The fraction of sp³-hybridized carbons (Fsp3) is 0.222. The van der Waals surface area contributed by atoms with Crippen LogP contribution in [-0.2, 0) is 4.79 Å². The smallest absolute Gasteiger partial charge is 0.276 e. The van der Waals surface area contributed by atoms with Crippen LogP contribution in [0.1, 0.15) is 27.0 Å². The van der Waals surface area contributed by atoms with Gasteiger partial charge in [-0.25, -0.2) is 0 Å². The van der Waals surface area contributed by atoms with E-state index in [1.807, 2.05) is 45.0 Å². The molecule has 0 aliphatic rings. The highest BCUT2D eigenvalue weighted by atomic mass is 16.5. The van der Waals surface area contributed by atoms with E-state index in [0.717, 1.165) is 16.7 Å². The van der Waals surface area contributed by atoms with Gasteiger partial charge in [0, 0.05) is 5.56 Å². The van der Waals surface area contributed by atoms with Crippen molar-refractivity contribution in [2.24, 2.45) is 0 Å². The zero-order valence-electron chi connectivity index (χ0n) is 13.5. The summed E-state index contributed by atoms with van der Waals surface area (Å²) in [6, 6.07) is 12.8. The number of hydrogen-bond donors (Lipinski definition) is 2. The summed E-state index contributed by atoms with van der Waals surface area (Å²) in [5.41, 5.74) is 8.29. The number of para-hydroxylation sites is 1. The van der Waals surface area contributed by atoms with Crippen LogP contribution in [0.5, 0.6) is 5.75 Å². The molecule has 0 atom stereocenters. The quantitative estimate of drug-likeness (QED) is 0.852. The van der Waals surface area contributed by atoms with E-state index in [4.69, 9.17) is 4.74 Å². The minimum atomic E-state index is -0.426. The summed E-state index contributed by atoms with van der Waals surface area (Å²) < 4.78 is 5.41. The predicted molar refractivity (Wildman–Crippen MR) is 88.2 cm³/mol. The second kappa shape index (κ2) is 7.45. The molecule has 2 aromatic rings. The Morgan fingerprint density at radius 3 is 2.35 bits per heavy atom. The third-order valence-corrected chi connectivity index (χ3v) is 3.54. The molecular formula is C18H20N2O3. The number of rotatable bonds is 4. The van der Waals surface area contributed by atoms with Gasteiger partial charge < -0.3 is 4.74 Å². The number of benzene rings is 2. The van der Waals surface area contributed by atoms with Crippen LogP contribution in [0.25, 0.3) is 0 Å². The summed E-state index contributed by atoms with van der Waals surface area (Å²) in [5, 5.41) is 0. The molecule has 0 saturated heterocycles. The van der Waals surface area contributed by atoms with E-state index in [-0.39, 0.29) is 12.5 Å². The maximum atomic E-state index is 12.0. The van der Waals surface area contributed by atoms with E-state index in [9.17, 15) is 9.59 Å². The van der Waals surface area contributed by atoms with Crippen LogP contribution in [0.3, 0.4) is 0 Å². The van der Waals surface area contributed by atoms with Gasteiger partial charge in [0.25, 0.3) is 11.8 Å². The van der Waals surface area contributed by atoms with Crippen LogP contribution < -0.4 is 15.6 Å². The molecular weight excluding hydrogens is 292 g/mol. The average Bonchev–Trinajstić information content (AvgIpc) is 2.54. The molecule has 0 spiro atoms. The van der Waals surface area contributed by atoms with Crippen molar-refractivity contribution in [1.29, 1.82) is 0 Å². The summed E-state index contributed by atoms with van der Waals surface area (Å²) in [6.45, 7) is 5.63. The maximum absolute atomic E-state index is 12.0. The monoisotopic (exact) mass is 312 g/mol. The molecule has 0 fully saturated rings. The van der Waals surface area contributed by atoms with E-state index in [1.54, 1.807) is 18.2 Å². The van der Waals surface area contributed by atoms with Crippen LogP contribution in [0.4, 0.5) is 0 Å². The summed E-state index contributed by atoms with van der Waals surface area (Å²) in [5.74, 6) is -0.147. The maximum Gasteiger partial charge on any atom is 0.276 e. The summed E-state index contributed by atoms with van der Waals surface area (Å²) in [7, 11) is 0. The van der Waals surface area contributed by atoms with Gasteiger partial charge in [0.2, 0.25) is 0 Å². The van der Waals surface area contributed by atoms with Crippen LogP contribution in [-0.4, -0.2) is 18.4 Å². The van der Waals surface area contributed by atoms with Crippen LogP contribution in [0.2, 0.25) is 0 Å². The molecule has 5 nitrogen and oxygen atoms in total. The molecule has 0 aromatic heterocycles. The van der Waals surface area contributed by atoms with Gasteiger partial charge in [-0.15, -0.1) is 0 Å². The first kappa shape index (κ1) is 16.5. The first-order chi connectivity index (χ1) is 11.0. The largest absolute Gasteiger partial charge is 0.483 e. The number of carbonyl (C=O) groups is 2. The van der Waals surface area contributed by atoms with Gasteiger partial charge >= 0.3 is 0 Å². The van der Waals surface area contributed by atoms with Gasteiger partial charge in [-0.1, -0.05) is 24.3 Å². The third-order valence-electron chi connectivity index (χ3n) is 3.54. The third kappa shape index (κ3) is 4.57. The Morgan fingerprint density at radius 2 is 1.65 bits per heavy atom. The van der Waals surface area contributed by atoms with Crippen LogP contribution >= 0.6 is 0 Å².